The molecule has 0 aliphatic carbocycles. The molecule has 18 heavy (non-hydrogen) atoms. The van der Waals surface area contributed by atoms with Crippen molar-refractivity contribution < 1.29 is 29.2 Å². The summed E-state index contributed by atoms with van der Waals surface area (Å²) in [7, 11) is 0. The maximum absolute atomic E-state index is 11.3. The molecule has 1 N–H and O–H groups in total. The number of carbonyl (C=O) groups is 1. The molecular formula is C9H19N3O6. The Bertz CT molecular complexity index is 273. The van der Waals surface area contributed by atoms with Crippen molar-refractivity contribution in [2.24, 2.45) is 5.28 Å². The highest BCUT2D eigenvalue weighted by Crippen LogP contribution is 1.99. The molecule has 0 amide bonds. The van der Waals surface area contributed by atoms with Crippen LogP contribution in [0, 0.1) is 5.21 Å². The van der Waals surface area contributed by atoms with Gasteiger partial charge in [-0.1, -0.05) is 0 Å². The highest BCUT2D eigenvalue weighted by Gasteiger charge is 2.14. The van der Waals surface area contributed by atoms with Crippen LogP contribution in [0.3, 0.4) is 0 Å². The molecule has 9 nitrogen and oxygen atoms in total. The van der Waals surface area contributed by atoms with Crippen molar-refractivity contribution in [2.75, 3.05) is 26.3 Å². The van der Waals surface area contributed by atoms with Gasteiger partial charge >= 0.3 is 6.16 Å². The van der Waals surface area contributed by atoms with E-state index in [0.717, 1.165) is 0 Å². The van der Waals surface area contributed by atoms with Crippen molar-refractivity contribution in [3.63, 3.8) is 0 Å². The van der Waals surface area contributed by atoms with E-state index in [9.17, 15) is 10.0 Å². The first-order valence-electron chi connectivity index (χ1n) is 5.58. The summed E-state index contributed by atoms with van der Waals surface area (Å²) < 4.78 is 9.11. The fraction of sp³-hybridized carbons (Fsp3) is 0.889. The van der Waals surface area contributed by atoms with Crippen molar-refractivity contribution in [1.29, 1.82) is 0 Å². The van der Waals surface area contributed by atoms with Crippen LogP contribution >= 0.6 is 0 Å². The highest BCUT2D eigenvalue weighted by molar-refractivity contribution is 5.59. The third-order valence-corrected chi connectivity index (χ3v) is 1.75. The van der Waals surface area contributed by atoms with Gasteiger partial charge in [-0.2, -0.15) is 0 Å². The second-order valence-electron chi connectivity index (χ2n) is 3.08. The zero-order valence-corrected chi connectivity index (χ0v) is 10.7. The topological polar surface area (TPSA) is 107 Å². The van der Waals surface area contributed by atoms with Gasteiger partial charge in [0.25, 0.3) is 6.29 Å². The molecule has 0 radical (unpaired) electrons. The Labute approximate surface area is 105 Å². The molecule has 0 spiro atoms. The summed E-state index contributed by atoms with van der Waals surface area (Å²) in [6.45, 7) is 5.20. The number of hydrogen-bond donors (Lipinski definition) is 1. The second-order valence-corrected chi connectivity index (χ2v) is 3.08. The summed E-state index contributed by atoms with van der Waals surface area (Å²) in [4.78, 5) is 15.7. The Balaban J connectivity index is 4.14. The van der Waals surface area contributed by atoms with Crippen LogP contribution in [-0.4, -0.2) is 53.8 Å². The lowest BCUT2D eigenvalue weighted by atomic mass is 10.6. The molecule has 106 valence electrons. The van der Waals surface area contributed by atoms with Gasteiger partial charge in [0.15, 0.2) is 0 Å². The zero-order valence-electron chi connectivity index (χ0n) is 10.7. The number of aliphatic hydroxyl groups is 1. The van der Waals surface area contributed by atoms with Crippen molar-refractivity contribution in [3.05, 3.63) is 5.21 Å². The van der Waals surface area contributed by atoms with Gasteiger partial charge in [-0.15, -0.1) is 5.01 Å². The molecular weight excluding hydrogens is 246 g/mol. The molecule has 0 heterocycles. The number of rotatable bonds is 8. The fourth-order valence-corrected chi connectivity index (χ4v) is 0.947. The average Bonchev–Trinajstić information content (AvgIpc) is 2.33. The van der Waals surface area contributed by atoms with Gasteiger partial charge in [-0.25, -0.2) is 4.79 Å². The monoisotopic (exact) mass is 265 g/mol. The molecule has 9 heteroatoms. The maximum atomic E-state index is 11.3. The van der Waals surface area contributed by atoms with Crippen LogP contribution in [0.1, 0.15) is 20.8 Å². The van der Waals surface area contributed by atoms with Crippen molar-refractivity contribution >= 4 is 6.16 Å². The SMILES string of the molecule is CCOC(=O)OC(C)O/N=[N+](\[O-])N(CC)CCO. The Morgan fingerprint density at radius 3 is 2.72 bits per heavy atom. The van der Waals surface area contributed by atoms with Crippen LogP contribution in [0.25, 0.3) is 0 Å². The van der Waals surface area contributed by atoms with Crippen molar-refractivity contribution in [3.8, 4) is 0 Å². The van der Waals surface area contributed by atoms with Crippen LogP contribution < -0.4 is 0 Å². The molecule has 0 aliphatic rings. The number of ether oxygens (including phenoxy) is 2. The normalized spacial score (nSPS) is 12.8. The van der Waals surface area contributed by atoms with Gasteiger partial charge in [-0.3, -0.25) is 4.84 Å². The molecule has 1 unspecified atom stereocenters. The van der Waals surface area contributed by atoms with Gasteiger partial charge in [0.2, 0.25) is 5.28 Å². The van der Waals surface area contributed by atoms with Gasteiger partial charge in [0.05, 0.1) is 31.3 Å². The summed E-state index contributed by atoms with van der Waals surface area (Å²) in [6.07, 6.45) is -1.95. The third-order valence-electron chi connectivity index (χ3n) is 1.75. The predicted molar refractivity (Wildman–Crippen MR) is 59.0 cm³/mol. The fourth-order valence-electron chi connectivity index (χ4n) is 0.947. The van der Waals surface area contributed by atoms with Gasteiger partial charge in [0, 0.05) is 6.92 Å². The Hall–Kier alpha value is -1.77. The number of nitrogens with zero attached hydrogens (tertiary/aromatic N) is 3. The Morgan fingerprint density at radius 2 is 2.22 bits per heavy atom. The summed E-state index contributed by atoms with van der Waals surface area (Å²) in [6, 6.07) is 0. The van der Waals surface area contributed by atoms with E-state index in [-0.39, 0.29) is 24.7 Å². The standard InChI is InChI=1S/C9H19N3O6/c1-4-11(6-7-13)12(15)10-18-8(3)17-9(14)16-5-2/h8,13H,4-7H2,1-3H3/b12-10-. The van der Waals surface area contributed by atoms with Crippen LogP contribution in [0.2, 0.25) is 0 Å². The molecule has 0 rings (SSSR count). The summed E-state index contributed by atoms with van der Waals surface area (Å²) in [5.74, 6) is 0. The first-order chi connectivity index (χ1) is 8.54. The lowest BCUT2D eigenvalue weighted by Gasteiger charge is -2.15. The molecule has 1 atom stereocenters. The number of aliphatic hydroxyl groups excluding tert-OH is 1. The first-order valence-corrected chi connectivity index (χ1v) is 5.58. The van der Waals surface area contributed by atoms with E-state index in [1.54, 1.807) is 13.8 Å². The number of hydrogen-bond acceptors (Lipinski definition) is 7. The predicted octanol–water partition coefficient (Wildman–Crippen LogP) is 0.629. The van der Waals surface area contributed by atoms with Gasteiger partial charge < -0.3 is 19.8 Å². The summed E-state index contributed by atoms with van der Waals surface area (Å²) in [5, 5.41) is 24.4. The lowest BCUT2D eigenvalue weighted by molar-refractivity contribution is -0.712. The van der Waals surface area contributed by atoms with E-state index < -0.39 is 12.4 Å². The van der Waals surface area contributed by atoms with Crippen LogP contribution in [0.5, 0.6) is 0 Å². The van der Waals surface area contributed by atoms with Gasteiger partial charge in [-0.05, 0) is 13.8 Å². The van der Waals surface area contributed by atoms with Crippen LogP contribution in [-0.2, 0) is 14.3 Å². The second kappa shape index (κ2) is 9.28. The van der Waals surface area contributed by atoms with Crippen molar-refractivity contribution in [2.45, 2.75) is 27.1 Å². The third kappa shape index (κ3) is 6.74. The molecule has 0 aromatic carbocycles. The lowest BCUT2D eigenvalue weighted by Crippen LogP contribution is -2.33. The highest BCUT2D eigenvalue weighted by atomic mass is 16.8. The number of hydrazine groups is 1. The largest absolute Gasteiger partial charge is 0.569 e. The van der Waals surface area contributed by atoms with Crippen LogP contribution in [0.4, 0.5) is 4.79 Å². The Morgan fingerprint density at radius 1 is 1.56 bits per heavy atom. The molecule has 0 aliphatic heterocycles. The Kier molecular flexibility index (Phi) is 8.37. The minimum Gasteiger partial charge on any atom is -0.569 e. The molecule has 0 saturated carbocycles. The average molecular weight is 265 g/mol. The smallest absolute Gasteiger partial charge is 0.511 e. The number of likely N-dealkylation sites (N-methyl/N-ethyl adjacent to an activating group) is 1. The van der Waals surface area contributed by atoms with E-state index in [2.05, 4.69) is 19.6 Å². The number of carbonyl (C=O) groups excluding carboxylic acids is 1. The molecule has 0 aromatic heterocycles. The minimum absolute atomic E-state index is 0.125. The minimum atomic E-state index is -1.05. The van der Waals surface area contributed by atoms with E-state index in [4.69, 9.17) is 5.11 Å². The van der Waals surface area contributed by atoms with E-state index in [0.29, 0.717) is 6.54 Å². The first kappa shape index (κ1) is 16.2. The van der Waals surface area contributed by atoms with E-state index >= 15 is 0 Å². The zero-order chi connectivity index (χ0) is 14.0. The molecule has 0 fully saturated rings. The quantitative estimate of drug-likeness (QED) is 0.225. The summed E-state index contributed by atoms with van der Waals surface area (Å²) in [5.41, 5.74) is 0. The van der Waals surface area contributed by atoms with Gasteiger partial charge in [0.1, 0.15) is 0 Å². The maximum Gasteiger partial charge on any atom is 0.511 e. The van der Waals surface area contributed by atoms with Crippen molar-refractivity contribution in [1.82, 2.24) is 5.01 Å². The van der Waals surface area contributed by atoms with Crippen LogP contribution in [0.15, 0.2) is 5.28 Å². The van der Waals surface area contributed by atoms with E-state index in [1.165, 1.54) is 11.9 Å². The molecule has 0 aromatic rings. The molecule has 0 saturated heterocycles. The summed E-state index contributed by atoms with van der Waals surface area (Å²) >= 11 is 0. The molecule has 0 bridgehead atoms. The van der Waals surface area contributed by atoms with E-state index in [1.807, 2.05) is 0 Å².